The van der Waals surface area contributed by atoms with Gasteiger partial charge < -0.3 is 14.6 Å². The second-order valence-corrected chi connectivity index (χ2v) is 3.61. The van der Waals surface area contributed by atoms with Gasteiger partial charge in [0.05, 0.1) is 18.4 Å². The van der Waals surface area contributed by atoms with Crippen LogP contribution in [0.2, 0.25) is 0 Å². The van der Waals surface area contributed by atoms with Crippen molar-refractivity contribution < 1.29 is 19.4 Å². The Hall–Kier alpha value is -1.46. The quantitative estimate of drug-likeness (QED) is 0.834. The first-order valence-corrected chi connectivity index (χ1v) is 5.15. The molecule has 1 aromatic rings. The molecule has 5 nitrogen and oxygen atoms in total. The van der Waals surface area contributed by atoms with Crippen molar-refractivity contribution in [2.24, 2.45) is 0 Å². The lowest BCUT2D eigenvalue weighted by Crippen LogP contribution is -2.12. The highest BCUT2D eigenvalue weighted by molar-refractivity contribution is 5.66. The lowest BCUT2D eigenvalue weighted by atomic mass is 10.2. The van der Waals surface area contributed by atoms with E-state index in [1.807, 2.05) is 18.2 Å². The molecule has 1 aliphatic heterocycles. The summed E-state index contributed by atoms with van der Waals surface area (Å²) in [6.07, 6.45) is 1.64. The Labute approximate surface area is 93.0 Å². The van der Waals surface area contributed by atoms with Gasteiger partial charge in [0, 0.05) is 12.6 Å². The molecule has 0 radical (unpaired) electrons. The normalized spacial score (nSPS) is 24.5. The first-order chi connectivity index (χ1) is 7.75. The number of carbonyl (C=O) groups is 1. The number of carboxylic acid groups (broad SMARTS) is 1. The number of aliphatic carboxylic acids is 1. The summed E-state index contributed by atoms with van der Waals surface area (Å²) in [6, 6.07) is 5.50. The standard InChI is InChI=1S/C11H13NO4/c13-10(14)5-4-8-7-15-11(16-8)9-3-1-2-6-12-9/h1-3,6,8,11H,4-5,7H2,(H,13,14). The molecule has 5 heteroatoms. The van der Waals surface area contributed by atoms with Gasteiger partial charge in [-0.3, -0.25) is 9.78 Å². The molecule has 86 valence electrons. The fourth-order valence-electron chi connectivity index (χ4n) is 1.55. The largest absolute Gasteiger partial charge is 0.481 e. The third-order valence-electron chi connectivity index (χ3n) is 2.36. The third kappa shape index (κ3) is 2.77. The molecule has 0 saturated carbocycles. The highest BCUT2D eigenvalue weighted by atomic mass is 16.7. The van der Waals surface area contributed by atoms with Gasteiger partial charge in [0.2, 0.25) is 6.29 Å². The maximum atomic E-state index is 10.4. The van der Waals surface area contributed by atoms with Gasteiger partial charge in [0.25, 0.3) is 0 Å². The van der Waals surface area contributed by atoms with Crippen molar-refractivity contribution >= 4 is 5.97 Å². The maximum Gasteiger partial charge on any atom is 0.303 e. The van der Waals surface area contributed by atoms with Gasteiger partial charge in [-0.15, -0.1) is 0 Å². The van der Waals surface area contributed by atoms with Gasteiger partial charge >= 0.3 is 5.97 Å². The van der Waals surface area contributed by atoms with Crippen LogP contribution in [-0.2, 0) is 14.3 Å². The van der Waals surface area contributed by atoms with Crippen molar-refractivity contribution in [1.82, 2.24) is 4.98 Å². The number of nitrogens with zero attached hydrogens (tertiary/aromatic N) is 1. The van der Waals surface area contributed by atoms with Gasteiger partial charge in [-0.1, -0.05) is 6.07 Å². The highest BCUT2D eigenvalue weighted by Gasteiger charge is 2.28. The molecular weight excluding hydrogens is 210 g/mol. The first-order valence-electron chi connectivity index (χ1n) is 5.15. The fraction of sp³-hybridized carbons (Fsp3) is 0.455. The Morgan fingerprint density at radius 2 is 2.44 bits per heavy atom. The van der Waals surface area contributed by atoms with E-state index in [-0.39, 0.29) is 12.5 Å². The lowest BCUT2D eigenvalue weighted by molar-refractivity contribution is -0.138. The SMILES string of the molecule is O=C(O)CCC1COC(c2ccccn2)O1. The molecule has 1 aliphatic rings. The van der Waals surface area contributed by atoms with E-state index in [0.717, 1.165) is 5.69 Å². The van der Waals surface area contributed by atoms with Crippen LogP contribution in [0.5, 0.6) is 0 Å². The molecule has 0 aliphatic carbocycles. The Bertz CT molecular complexity index is 354. The molecule has 1 aromatic heterocycles. The van der Waals surface area contributed by atoms with Crippen LogP contribution in [0.3, 0.4) is 0 Å². The van der Waals surface area contributed by atoms with Crippen molar-refractivity contribution in [1.29, 1.82) is 0 Å². The maximum absolute atomic E-state index is 10.4. The van der Waals surface area contributed by atoms with E-state index in [1.165, 1.54) is 0 Å². The Kier molecular flexibility index (Phi) is 3.48. The van der Waals surface area contributed by atoms with Crippen LogP contribution < -0.4 is 0 Å². The number of ether oxygens (including phenoxy) is 2. The Balaban J connectivity index is 1.86. The van der Waals surface area contributed by atoms with E-state index < -0.39 is 12.3 Å². The van der Waals surface area contributed by atoms with Crippen LogP contribution in [0.1, 0.15) is 24.8 Å². The molecule has 0 amide bonds. The molecule has 2 atom stereocenters. The Morgan fingerprint density at radius 3 is 3.12 bits per heavy atom. The van der Waals surface area contributed by atoms with Crippen molar-refractivity contribution in [3.8, 4) is 0 Å². The van der Waals surface area contributed by atoms with Crippen LogP contribution in [0.4, 0.5) is 0 Å². The molecule has 0 spiro atoms. The van der Waals surface area contributed by atoms with Crippen molar-refractivity contribution in [3.05, 3.63) is 30.1 Å². The van der Waals surface area contributed by atoms with E-state index in [2.05, 4.69) is 4.98 Å². The highest BCUT2D eigenvalue weighted by Crippen LogP contribution is 2.27. The monoisotopic (exact) mass is 223 g/mol. The molecule has 1 saturated heterocycles. The number of hydrogen-bond acceptors (Lipinski definition) is 4. The molecule has 1 fully saturated rings. The molecule has 0 bridgehead atoms. The summed E-state index contributed by atoms with van der Waals surface area (Å²) in [6.45, 7) is 0.425. The number of aromatic nitrogens is 1. The summed E-state index contributed by atoms with van der Waals surface area (Å²) in [5, 5.41) is 8.55. The minimum absolute atomic E-state index is 0.100. The van der Waals surface area contributed by atoms with Crippen LogP contribution >= 0.6 is 0 Å². The van der Waals surface area contributed by atoms with Crippen molar-refractivity contribution in [2.75, 3.05) is 6.61 Å². The summed E-state index contributed by atoms with van der Waals surface area (Å²) in [4.78, 5) is 14.5. The molecule has 2 heterocycles. The first kappa shape index (κ1) is 11.0. The molecule has 16 heavy (non-hydrogen) atoms. The molecule has 0 aromatic carbocycles. The van der Waals surface area contributed by atoms with Gasteiger partial charge in [-0.2, -0.15) is 0 Å². The zero-order valence-electron chi connectivity index (χ0n) is 8.70. The summed E-state index contributed by atoms with van der Waals surface area (Å²) in [7, 11) is 0. The van der Waals surface area contributed by atoms with E-state index in [1.54, 1.807) is 6.20 Å². The second-order valence-electron chi connectivity index (χ2n) is 3.61. The van der Waals surface area contributed by atoms with Gasteiger partial charge in [-0.05, 0) is 18.6 Å². The smallest absolute Gasteiger partial charge is 0.303 e. The Morgan fingerprint density at radius 1 is 1.56 bits per heavy atom. The zero-order valence-corrected chi connectivity index (χ0v) is 8.70. The molecule has 2 rings (SSSR count). The van der Waals surface area contributed by atoms with Crippen LogP contribution in [0.25, 0.3) is 0 Å². The van der Waals surface area contributed by atoms with E-state index >= 15 is 0 Å². The minimum atomic E-state index is -0.815. The number of pyridine rings is 1. The third-order valence-corrected chi connectivity index (χ3v) is 2.36. The molecule has 1 N–H and O–H groups in total. The average molecular weight is 223 g/mol. The average Bonchev–Trinajstić information content (AvgIpc) is 2.76. The minimum Gasteiger partial charge on any atom is -0.481 e. The van der Waals surface area contributed by atoms with Crippen LogP contribution in [-0.4, -0.2) is 28.8 Å². The van der Waals surface area contributed by atoms with Crippen LogP contribution in [0.15, 0.2) is 24.4 Å². The number of hydrogen-bond donors (Lipinski definition) is 1. The van der Waals surface area contributed by atoms with E-state index in [4.69, 9.17) is 14.6 Å². The summed E-state index contributed by atoms with van der Waals surface area (Å²) in [5.41, 5.74) is 0.723. The predicted octanol–water partition coefficient (Wildman–Crippen LogP) is 1.36. The predicted molar refractivity (Wildman–Crippen MR) is 54.7 cm³/mol. The molecule has 2 unspecified atom stereocenters. The summed E-state index contributed by atoms with van der Waals surface area (Å²) in [5.74, 6) is -0.815. The van der Waals surface area contributed by atoms with Crippen LogP contribution in [0, 0.1) is 0 Å². The topological polar surface area (TPSA) is 68.7 Å². The number of carboxylic acids is 1. The van der Waals surface area contributed by atoms with Gasteiger partial charge in [0.1, 0.15) is 0 Å². The zero-order chi connectivity index (χ0) is 11.4. The lowest BCUT2D eigenvalue weighted by Gasteiger charge is -2.09. The summed E-state index contributed by atoms with van der Waals surface area (Å²) < 4.78 is 11.0. The fourth-order valence-corrected chi connectivity index (χ4v) is 1.55. The van der Waals surface area contributed by atoms with E-state index in [0.29, 0.717) is 13.0 Å². The number of rotatable bonds is 4. The van der Waals surface area contributed by atoms with E-state index in [9.17, 15) is 4.79 Å². The molecular formula is C11H13NO4. The van der Waals surface area contributed by atoms with Gasteiger partial charge in [0.15, 0.2) is 0 Å². The van der Waals surface area contributed by atoms with Crippen molar-refractivity contribution in [3.63, 3.8) is 0 Å². The van der Waals surface area contributed by atoms with Crippen molar-refractivity contribution in [2.45, 2.75) is 25.2 Å². The summed E-state index contributed by atoms with van der Waals surface area (Å²) >= 11 is 0. The van der Waals surface area contributed by atoms with Gasteiger partial charge in [-0.25, -0.2) is 0 Å². The second kappa shape index (κ2) is 5.05.